The fourth-order valence-electron chi connectivity index (χ4n) is 2.42. The van der Waals surface area contributed by atoms with Gasteiger partial charge < -0.3 is 24.9 Å². The molecule has 0 bridgehead atoms. The highest BCUT2D eigenvalue weighted by Crippen LogP contribution is 2.35. The Bertz CT molecular complexity index is 1010. The maximum Gasteiger partial charge on any atom is 0.344 e. The number of hydrogen-bond acceptors (Lipinski definition) is 8. The molecular formula is C18H16N4O5. The summed E-state index contributed by atoms with van der Waals surface area (Å²) in [6.45, 7) is 1.52. The van der Waals surface area contributed by atoms with Crippen molar-refractivity contribution in [3.8, 4) is 34.8 Å². The van der Waals surface area contributed by atoms with Gasteiger partial charge in [0.25, 0.3) is 5.56 Å². The number of rotatable bonds is 6. The van der Waals surface area contributed by atoms with Crippen molar-refractivity contribution in [1.29, 1.82) is 10.5 Å². The second-order valence-electron chi connectivity index (χ2n) is 5.18. The Morgan fingerprint density at radius 2 is 1.93 bits per heavy atom. The molecule has 1 aromatic carbocycles. The third-order valence-electron chi connectivity index (χ3n) is 3.57. The SMILES string of the molecule is CCOC(=O)COc1cc(-c2c(C#N)c(N)[nH]c(=O)c2C#N)ccc1OC. The minimum Gasteiger partial charge on any atom is -0.493 e. The van der Waals surface area contributed by atoms with E-state index in [2.05, 4.69) is 4.98 Å². The second kappa shape index (κ2) is 8.41. The lowest BCUT2D eigenvalue weighted by atomic mass is 9.96. The molecule has 1 heterocycles. The summed E-state index contributed by atoms with van der Waals surface area (Å²) in [5, 5.41) is 18.7. The Kier molecular flexibility index (Phi) is 6.02. The molecular weight excluding hydrogens is 352 g/mol. The highest BCUT2D eigenvalue weighted by molar-refractivity contribution is 5.81. The number of hydrogen-bond donors (Lipinski definition) is 2. The van der Waals surface area contributed by atoms with Gasteiger partial charge in [0.05, 0.1) is 13.7 Å². The summed E-state index contributed by atoms with van der Waals surface area (Å²) < 4.78 is 15.4. The first-order chi connectivity index (χ1) is 13.0. The van der Waals surface area contributed by atoms with Crippen LogP contribution >= 0.6 is 0 Å². The van der Waals surface area contributed by atoms with Gasteiger partial charge in [0.15, 0.2) is 18.1 Å². The van der Waals surface area contributed by atoms with E-state index in [1.807, 2.05) is 6.07 Å². The zero-order valence-electron chi connectivity index (χ0n) is 14.7. The molecule has 9 nitrogen and oxygen atoms in total. The first kappa shape index (κ1) is 19.3. The average Bonchev–Trinajstić information content (AvgIpc) is 2.65. The van der Waals surface area contributed by atoms with Crippen molar-refractivity contribution < 1.29 is 19.0 Å². The number of aromatic amines is 1. The third-order valence-corrected chi connectivity index (χ3v) is 3.57. The Balaban J connectivity index is 2.60. The predicted octanol–water partition coefficient (Wildman–Crippen LogP) is 1.32. The molecule has 0 aliphatic carbocycles. The van der Waals surface area contributed by atoms with Gasteiger partial charge in [-0.25, -0.2) is 4.79 Å². The van der Waals surface area contributed by atoms with E-state index < -0.39 is 11.5 Å². The van der Waals surface area contributed by atoms with Crippen molar-refractivity contribution in [3.63, 3.8) is 0 Å². The summed E-state index contributed by atoms with van der Waals surface area (Å²) in [4.78, 5) is 25.8. The molecule has 0 spiro atoms. The van der Waals surface area contributed by atoms with Crippen LogP contribution in [0.3, 0.4) is 0 Å². The summed E-state index contributed by atoms with van der Waals surface area (Å²) in [7, 11) is 1.42. The van der Waals surface area contributed by atoms with Crippen LogP contribution in [0.1, 0.15) is 18.1 Å². The highest BCUT2D eigenvalue weighted by Gasteiger charge is 2.20. The Morgan fingerprint density at radius 1 is 1.22 bits per heavy atom. The van der Waals surface area contributed by atoms with E-state index in [1.165, 1.54) is 19.2 Å². The topological polar surface area (TPSA) is 151 Å². The van der Waals surface area contributed by atoms with Crippen molar-refractivity contribution in [3.05, 3.63) is 39.7 Å². The van der Waals surface area contributed by atoms with Gasteiger partial charge in [-0.2, -0.15) is 10.5 Å². The Morgan fingerprint density at radius 3 is 2.52 bits per heavy atom. The molecule has 1 aromatic heterocycles. The van der Waals surface area contributed by atoms with Crippen molar-refractivity contribution in [2.45, 2.75) is 6.92 Å². The molecule has 0 saturated heterocycles. The van der Waals surface area contributed by atoms with E-state index in [0.717, 1.165) is 0 Å². The maximum atomic E-state index is 12.0. The van der Waals surface area contributed by atoms with Gasteiger partial charge in [0.2, 0.25) is 0 Å². The van der Waals surface area contributed by atoms with Gasteiger partial charge in [-0.1, -0.05) is 6.07 Å². The zero-order chi connectivity index (χ0) is 20.0. The van der Waals surface area contributed by atoms with E-state index in [0.29, 0.717) is 11.3 Å². The molecule has 2 aromatic rings. The third kappa shape index (κ3) is 3.99. The van der Waals surface area contributed by atoms with E-state index >= 15 is 0 Å². The van der Waals surface area contributed by atoms with Crippen molar-refractivity contribution >= 4 is 11.8 Å². The molecule has 3 N–H and O–H groups in total. The first-order valence-corrected chi connectivity index (χ1v) is 7.79. The van der Waals surface area contributed by atoms with Crippen LogP contribution in [0.4, 0.5) is 5.82 Å². The molecule has 0 radical (unpaired) electrons. The second-order valence-corrected chi connectivity index (χ2v) is 5.18. The zero-order valence-corrected chi connectivity index (χ0v) is 14.7. The van der Waals surface area contributed by atoms with Crippen molar-refractivity contribution in [2.24, 2.45) is 0 Å². The lowest BCUT2D eigenvalue weighted by Gasteiger charge is -2.14. The summed E-state index contributed by atoms with van der Waals surface area (Å²) in [5.74, 6) is -0.227. The normalized spacial score (nSPS) is 9.78. The van der Waals surface area contributed by atoms with Crippen LogP contribution in [0.15, 0.2) is 23.0 Å². The van der Waals surface area contributed by atoms with Gasteiger partial charge >= 0.3 is 5.97 Å². The Labute approximate surface area is 154 Å². The Hall–Kier alpha value is -3.98. The number of H-pyrrole nitrogens is 1. The standard InChI is InChI=1S/C18H16N4O5/c1-3-26-15(23)9-27-14-6-10(4-5-13(14)25-2)16-11(7-19)17(21)22-18(24)12(16)8-20/h4-6H,3,9H2,1-2H3,(H3,21,22,24). The number of anilines is 1. The number of ether oxygens (including phenoxy) is 3. The molecule has 9 heteroatoms. The fraction of sp³-hybridized carbons (Fsp3) is 0.222. The van der Waals surface area contributed by atoms with Crippen LogP contribution in [0.2, 0.25) is 0 Å². The van der Waals surface area contributed by atoms with Gasteiger partial charge in [-0.05, 0) is 24.6 Å². The van der Waals surface area contributed by atoms with Crippen LogP contribution in [-0.2, 0) is 9.53 Å². The fourth-order valence-corrected chi connectivity index (χ4v) is 2.42. The number of methoxy groups -OCH3 is 1. The predicted molar refractivity (Wildman–Crippen MR) is 95.0 cm³/mol. The summed E-state index contributed by atoms with van der Waals surface area (Å²) in [5.41, 5.74) is 5.10. The molecule has 0 unspecified atom stereocenters. The van der Waals surface area contributed by atoms with Gasteiger partial charge in [0, 0.05) is 5.56 Å². The lowest BCUT2D eigenvalue weighted by Crippen LogP contribution is -2.16. The molecule has 0 aliphatic rings. The molecule has 0 amide bonds. The van der Waals surface area contributed by atoms with Gasteiger partial charge in [-0.3, -0.25) is 4.79 Å². The number of carbonyl (C=O) groups excluding carboxylic acids is 1. The van der Waals surface area contributed by atoms with Gasteiger partial charge in [0.1, 0.15) is 29.1 Å². The van der Waals surface area contributed by atoms with E-state index in [1.54, 1.807) is 19.1 Å². The number of nitrogens with two attached hydrogens (primary N) is 1. The largest absolute Gasteiger partial charge is 0.493 e. The number of esters is 1. The average molecular weight is 368 g/mol. The summed E-state index contributed by atoms with van der Waals surface area (Å²) >= 11 is 0. The molecule has 0 aliphatic heterocycles. The van der Waals surface area contributed by atoms with Crippen molar-refractivity contribution in [2.75, 3.05) is 26.1 Å². The van der Waals surface area contributed by atoms with Crippen LogP contribution in [0, 0.1) is 22.7 Å². The highest BCUT2D eigenvalue weighted by atomic mass is 16.6. The number of pyridine rings is 1. The minimum absolute atomic E-state index is 0.0485. The maximum absolute atomic E-state index is 12.0. The smallest absolute Gasteiger partial charge is 0.344 e. The number of nitrogen functional groups attached to an aromatic ring is 1. The molecule has 2 rings (SSSR count). The minimum atomic E-state index is -0.714. The van der Waals surface area contributed by atoms with Crippen molar-refractivity contribution in [1.82, 2.24) is 4.98 Å². The number of nitrogens with one attached hydrogen (secondary N) is 1. The summed E-state index contributed by atoms with van der Waals surface area (Å²) in [6, 6.07) is 8.19. The molecule has 0 atom stereocenters. The molecule has 138 valence electrons. The van der Waals surface area contributed by atoms with E-state index in [-0.39, 0.29) is 41.5 Å². The first-order valence-electron chi connectivity index (χ1n) is 7.79. The number of benzene rings is 1. The van der Waals surface area contributed by atoms with Crippen LogP contribution in [-0.4, -0.2) is 31.3 Å². The molecule has 0 fully saturated rings. The number of carbonyl (C=O) groups is 1. The van der Waals surface area contributed by atoms with Crippen LogP contribution < -0.4 is 20.8 Å². The van der Waals surface area contributed by atoms with Crippen LogP contribution in [0.25, 0.3) is 11.1 Å². The molecule has 0 saturated carbocycles. The van der Waals surface area contributed by atoms with Crippen LogP contribution in [0.5, 0.6) is 11.5 Å². The molecule has 27 heavy (non-hydrogen) atoms. The number of nitrogens with zero attached hydrogens (tertiary/aromatic N) is 2. The van der Waals surface area contributed by atoms with Gasteiger partial charge in [-0.15, -0.1) is 0 Å². The number of nitriles is 2. The van der Waals surface area contributed by atoms with E-state index in [9.17, 15) is 20.1 Å². The number of aromatic nitrogens is 1. The monoisotopic (exact) mass is 368 g/mol. The summed E-state index contributed by atoms with van der Waals surface area (Å²) in [6.07, 6.45) is 0. The lowest BCUT2D eigenvalue weighted by molar-refractivity contribution is -0.145. The van der Waals surface area contributed by atoms with E-state index in [4.69, 9.17) is 19.9 Å². The quantitative estimate of drug-likeness (QED) is 0.724.